The fourth-order valence-corrected chi connectivity index (χ4v) is 2.06. The van der Waals surface area contributed by atoms with Crippen LogP contribution >= 0.6 is 0 Å². The van der Waals surface area contributed by atoms with Crippen molar-refractivity contribution in [1.29, 1.82) is 0 Å². The lowest BCUT2D eigenvalue weighted by Gasteiger charge is -2.04. The summed E-state index contributed by atoms with van der Waals surface area (Å²) in [6, 6.07) is 9.12. The highest BCUT2D eigenvalue weighted by molar-refractivity contribution is 6.11. The van der Waals surface area contributed by atoms with E-state index in [0.717, 1.165) is 16.7 Å². The molecular weight excluding hydrogens is 266 g/mol. The quantitative estimate of drug-likeness (QED) is 0.773. The van der Waals surface area contributed by atoms with Crippen LogP contribution in [0.4, 0.5) is 5.95 Å². The zero-order chi connectivity index (χ0) is 14.8. The van der Waals surface area contributed by atoms with Crippen molar-refractivity contribution in [3.63, 3.8) is 0 Å². The van der Waals surface area contributed by atoms with Gasteiger partial charge in [0.15, 0.2) is 0 Å². The minimum absolute atomic E-state index is 0.227. The monoisotopic (exact) mass is 281 g/mol. The Labute approximate surface area is 121 Å². The summed E-state index contributed by atoms with van der Waals surface area (Å²) in [4.78, 5) is 20.9. The standard InChI is InChI=1S/C15H15N5O/c1-9(2)13-17-15(20-19-13)18-14(21)11-5-3-7-12-10(11)6-4-8-16-12/h3-9H,1-2H3,(H2,17,18,19,20,21). The summed E-state index contributed by atoms with van der Waals surface area (Å²) in [7, 11) is 0. The largest absolute Gasteiger partial charge is 0.289 e. The van der Waals surface area contributed by atoms with E-state index in [9.17, 15) is 4.79 Å². The van der Waals surface area contributed by atoms with Crippen molar-refractivity contribution < 1.29 is 4.79 Å². The van der Waals surface area contributed by atoms with E-state index in [1.165, 1.54) is 0 Å². The van der Waals surface area contributed by atoms with Crippen LogP contribution in [0.5, 0.6) is 0 Å². The van der Waals surface area contributed by atoms with Crippen LogP contribution in [0.2, 0.25) is 0 Å². The molecule has 106 valence electrons. The number of benzene rings is 1. The predicted octanol–water partition coefficient (Wildman–Crippen LogP) is 2.73. The van der Waals surface area contributed by atoms with E-state index in [0.29, 0.717) is 5.56 Å². The van der Waals surface area contributed by atoms with Gasteiger partial charge in [-0.2, -0.15) is 4.98 Å². The molecule has 1 amide bonds. The van der Waals surface area contributed by atoms with Crippen molar-refractivity contribution in [1.82, 2.24) is 20.2 Å². The van der Waals surface area contributed by atoms with E-state index in [2.05, 4.69) is 25.5 Å². The molecule has 0 aliphatic heterocycles. The van der Waals surface area contributed by atoms with E-state index in [1.54, 1.807) is 12.3 Å². The van der Waals surface area contributed by atoms with E-state index >= 15 is 0 Å². The smallest absolute Gasteiger partial charge is 0.258 e. The van der Waals surface area contributed by atoms with Crippen LogP contribution in [0.25, 0.3) is 10.9 Å². The second-order valence-corrected chi connectivity index (χ2v) is 5.03. The lowest BCUT2D eigenvalue weighted by Crippen LogP contribution is -2.13. The summed E-state index contributed by atoms with van der Waals surface area (Å²) in [5, 5.41) is 10.3. The van der Waals surface area contributed by atoms with Crippen LogP contribution in [0, 0.1) is 0 Å². The van der Waals surface area contributed by atoms with Gasteiger partial charge in [0.2, 0.25) is 5.95 Å². The number of hydrogen-bond acceptors (Lipinski definition) is 4. The third-order valence-electron chi connectivity index (χ3n) is 3.17. The van der Waals surface area contributed by atoms with Gasteiger partial charge in [0.1, 0.15) is 5.82 Å². The molecule has 3 aromatic rings. The van der Waals surface area contributed by atoms with Crippen LogP contribution in [0.15, 0.2) is 36.5 Å². The highest BCUT2D eigenvalue weighted by Gasteiger charge is 2.13. The van der Waals surface area contributed by atoms with Gasteiger partial charge in [-0.05, 0) is 18.2 Å². The molecule has 0 unspecified atom stereocenters. The Morgan fingerprint density at radius 2 is 2.10 bits per heavy atom. The molecule has 6 heteroatoms. The number of carbonyl (C=O) groups is 1. The Hall–Kier alpha value is -2.76. The second kappa shape index (κ2) is 5.32. The Morgan fingerprint density at radius 3 is 2.86 bits per heavy atom. The molecule has 21 heavy (non-hydrogen) atoms. The number of pyridine rings is 1. The number of carbonyl (C=O) groups excluding carboxylic acids is 1. The van der Waals surface area contributed by atoms with E-state index in [-0.39, 0.29) is 17.8 Å². The number of hydrogen-bond donors (Lipinski definition) is 2. The number of nitrogens with one attached hydrogen (secondary N) is 2. The van der Waals surface area contributed by atoms with Gasteiger partial charge in [0.05, 0.1) is 5.52 Å². The van der Waals surface area contributed by atoms with Crippen molar-refractivity contribution in [2.75, 3.05) is 5.32 Å². The van der Waals surface area contributed by atoms with Crippen molar-refractivity contribution in [3.8, 4) is 0 Å². The summed E-state index contributed by atoms with van der Waals surface area (Å²) >= 11 is 0. The second-order valence-electron chi connectivity index (χ2n) is 5.03. The molecule has 0 aliphatic rings. The Kier molecular flexibility index (Phi) is 3.35. The lowest BCUT2D eigenvalue weighted by molar-refractivity contribution is 0.102. The predicted molar refractivity (Wildman–Crippen MR) is 80.2 cm³/mol. The average Bonchev–Trinajstić information content (AvgIpc) is 2.95. The number of aromatic nitrogens is 4. The fraction of sp³-hybridized carbons (Fsp3) is 0.200. The molecule has 0 spiro atoms. The SMILES string of the molecule is CC(C)c1nc(NC(=O)c2cccc3ncccc23)n[nH]1. The van der Waals surface area contributed by atoms with Gasteiger partial charge in [0.25, 0.3) is 5.91 Å². The van der Waals surface area contributed by atoms with Crippen molar-refractivity contribution in [2.45, 2.75) is 19.8 Å². The van der Waals surface area contributed by atoms with Gasteiger partial charge >= 0.3 is 0 Å². The van der Waals surface area contributed by atoms with Gasteiger partial charge < -0.3 is 0 Å². The Balaban J connectivity index is 1.90. The number of anilines is 1. The van der Waals surface area contributed by atoms with E-state index < -0.39 is 0 Å². The fourth-order valence-electron chi connectivity index (χ4n) is 2.06. The molecule has 1 aromatic carbocycles. The number of rotatable bonds is 3. The first-order chi connectivity index (χ1) is 10.1. The number of H-pyrrole nitrogens is 1. The van der Waals surface area contributed by atoms with E-state index in [1.807, 2.05) is 38.1 Å². The van der Waals surface area contributed by atoms with Crippen molar-refractivity contribution in [2.24, 2.45) is 0 Å². The highest BCUT2D eigenvalue weighted by Crippen LogP contribution is 2.17. The molecule has 0 atom stereocenters. The van der Waals surface area contributed by atoms with Crippen LogP contribution in [0.1, 0.15) is 35.9 Å². The number of nitrogens with zero attached hydrogens (tertiary/aromatic N) is 3. The maximum atomic E-state index is 12.4. The Morgan fingerprint density at radius 1 is 1.24 bits per heavy atom. The molecule has 0 radical (unpaired) electrons. The number of amides is 1. The summed E-state index contributed by atoms with van der Waals surface area (Å²) in [5.41, 5.74) is 1.33. The number of aromatic amines is 1. The van der Waals surface area contributed by atoms with Gasteiger partial charge in [0, 0.05) is 23.1 Å². The van der Waals surface area contributed by atoms with Crippen molar-refractivity contribution in [3.05, 3.63) is 47.9 Å². The minimum Gasteiger partial charge on any atom is -0.289 e. The lowest BCUT2D eigenvalue weighted by atomic mass is 10.1. The summed E-state index contributed by atoms with van der Waals surface area (Å²) in [5.74, 6) is 1.00. The molecular formula is C15H15N5O. The molecule has 0 aliphatic carbocycles. The zero-order valence-corrected chi connectivity index (χ0v) is 11.8. The molecule has 0 saturated heterocycles. The van der Waals surface area contributed by atoms with Gasteiger partial charge in [-0.3, -0.25) is 20.2 Å². The first-order valence-electron chi connectivity index (χ1n) is 6.72. The van der Waals surface area contributed by atoms with Crippen molar-refractivity contribution >= 4 is 22.8 Å². The van der Waals surface area contributed by atoms with Crippen LogP contribution in [-0.4, -0.2) is 26.1 Å². The summed E-state index contributed by atoms with van der Waals surface area (Å²) in [6.45, 7) is 4.00. The van der Waals surface area contributed by atoms with Crippen LogP contribution in [-0.2, 0) is 0 Å². The third kappa shape index (κ3) is 2.60. The maximum Gasteiger partial charge on any atom is 0.258 e. The zero-order valence-electron chi connectivity index (χ0n) is 11.8. The normalized spacial score (nSPS) is 11.0. The average molecular weight is 281 g/mol. The van der Waals surface area contributed by atoms with Gasteiger partial charge in [-0.1, -0.05) is 26.0 Å². The van der Waals surface area contributed by atoms with E-state index in [4.69, 9.17) is 0 Å². The molecule has 2 aromatic heterocycles. The first-order valence-corrected chi connectivity index (χ1v) is 6.72. The maximum absolute atomic E-state index is 12.4. The van der Waals surface area contributed by atoms with Gasteiger partial charge in [-0.15, -0.1) is 5.10 Å². The number of fused-ring (bicyclic) bond motifs is 1. The summed E-state index contributed by atoms with van der Waals surface area (Å²) < 4.78 is 0. The molecule has 0 bridgehead atoms. The minimum atomic E-state index is -0.247. The molecule has 3 rings (SSSR count). The van der Waals surface area contributed by atoms with Crippen LogP contribution < -0.4 is 5.32 Å². The summed E-state index contributed by atoms with van der Waals surface area (Å²) in [6.07, 6.45) is 1.70. The topological polar surface area (TPSA) is 83.6 Å². The highest BCUT2D eigenvalue weighted by atomic mass is 16.1. The Bertz CT molecular complexity index is 788. The third-order valence-corrected chi connectivity index (χ3v) is 3.17. The molecule has 0 fully saturated rings. The molecule has 2 N–H and O–H groups in total. The van der Waals surface area contributed by atoms with Crippen LogP contribution in [0.3, 0.4) is 0 Å². The molecule has 6 nitrogen and oxygen atoms in total. The molecule has 0 saturated carbocycles. The first kappa shape index (κ1) is 13.2. The molecule has 2 heterocycles. The van der Waals surface area contributed by atoms with Gasteiger partial charge in [-0.25, -0.2) is 0 Å².